The molecule has 6 nitrogen and oxygen atoms in total. The number of nitrogens with zero attached hydrogens (tertiary/aromatic N) is 4. The van der Waals surface area contributed by atoms with Crippen LogP contribution in [0.1, 0.15) is 93.9 Å². The SMILES string of the molecule is C.O=Cc1c(Cl)ccc2cncn12.OC(c1c(Cl)ccc2cncn12)C1CCCCC1.[Br-].[CH-]1CCCCC1.[Mg+2]. The van der Waals surface area contributed by atoms with Gasteiger partial charge in [-0.2, -0.15) is 12.8 Å². The molecule has 0 aromatic carbocycles. The zero-order valence-corrected chi connectivity index (χ0v) is 26.0. The Kier molecular flexibility index (Phi) is 16.8. The number of carbonyl (C=O) groups is 1. The van der Waals surface area contributed by atoms with Gasteiger partial charge in [-0.15, -0.1) is 0 Å². The van der Waals surface area contributed by atoms with Crippen LogP contribution in [0, 0.1) is 12.3 Å². The van der Waals surface area contributed by atoms with Crippen LogP contribution in [0.15, 0.2) is 49.3 Å². The van der Waals surface area contributed by atoms with Crippen LogP contribution in [0.3, 0.4) is 0 Å². The standard InChI is InChI=1S/C14H17ClN2O.C8H5ClN2O.C6H11.CH4.BrH.Mg/c15-12-7-6-11-8-16-9-17(11)13(12)14(18)10-4-2-1-3-5-10;9-7-2-1-6-3-10-5-11(6)8(7)4-12;1-2-4-6-5-3-1;;;/h6-10,14,18H,1-5H2;1-5H;1H,2-6H2;1H4;1H;/q;;-1;;;+2/p-1. The Balaban J connectivity index is 0.000000315. The number of carbonyl (C=O) groups excluding carboxylic acids is 1. The van der Waals surface area contributed by atoms with E-state index < -0.39 is 6.10 Å². The Bertz CT molecular complexity index is 1260. The molecule has 0 bridgehead atoms. The summed E-state index contributed by atoms with van der Waals surface area (Å²) in [6.45, 7) is 0. The first-order chi connectivity index (χ1) is 17.6. The van der Waals surface area contributed by atoms with Gasteiger partial charge >= 0.3 is 23.1 Å². The maximum atomic E-state index is 10.6. The number of fused-ring (bicyclic) bond motifs is 2. The van der Waals surface area contributed by atoms with Crippen molar-refractivity contribution in [1.82, 2.24) is 18.8 Å². The van der Waals surface area contributed by atoms with Gasteiger partial charge in [-0.1, -0.05) is 69.2 Å². The number of aliphatic hydroxyl groups excluding tert-OH is 1. The van der Waals surface area contributed by atoms with Crippen LogP contribution in [0.25, 0.3) is 11.0 Å². The monoisotopic (exact) mass is 646 g/mol. The first-order valence-corrected chi connectivity index (χ1v) is 13.5. The average molecular weight is 649 g/mol. The molecule has 1 unspecified atom stereocenters. The van der Waals surface area contributed by atoms with Crippen LogP contribution in [0.5, 0.6) is 0 Å². The first kappa shape index (κ1) is 35.9. The van der Waals surface area contributed by atoms with E-state index in [0.29, 0.717) is 21.7 Å². The number of pyridine rings is 2. The van der Waals surface area contributed by atoms with Gasteiger partial charge in [0.25, 0.3) is 0 Å². The van der Waals surface area contributed by atoms with Gasteiger partial charge in [0.05, 0.1) is 57.9 Å². The van der Waals surface area contributed by atoms with Gasteiger partial charge in [0, 0.05) is 0 Å². The minimum atomic E-state index is -0.490. The number of imidazole rings is 2. The number of aliphatic hydroxyl groups is 1. The molecule has 0 amide bonds. The van der Waals surface area contributed by atoms with Gasteiger partial charge < -0.3 is 28.5 Å². The van der Waals surface area contributed by atoms with E-state index >= 15 is 0 Å². The average Bonchev–Trinajstić information content (AvgIpc) is 3.60. The van der Waals surface area contributed by atoms with E-state index in [1.165, 1.54) is 51.4 Å². The second-order valence-corrected chi connectivity index (χ2v) is 10.2. The Morgan fingerprint density at radius 2 is 1.41 bits per heavy atom. The van der Waals surface area contributed by atoms with Crippen molar-refractivity contribution in [3.05, 3.63) is 77.2 Å². The summed E-state index contributed by atoms with van der Waals surface area (Å²) >= 11 is 12.0. The van der Waals surface area contributed by atoms with Crippen molar-refractivity contribution >= 4 is 63.6 Å². The molecule has 4 aromatic heterocycles. The third-order valence-electron chi connectivity index (χ3n) is 6.95. The molecular weight excluding hydrogens is 611 g/mol. The van der Waals surface area contributed by atoms with Gasteiger partial charge in [0.2, 0.25) is 0 Å². The first-order valence-electron chi connectivity index (χ1n) is 12.8. The van der Waals surface area contributed by atoms with Crippen LogP contribution < -0.4 is 17.0 Å². The van der Waals surface area contributed by atoms with Crippen LogP contribution in [0.2, 0.25) is 10.0 Å². The molecule has 2 saturated carbocycles. The summed E-state index contributed by atoms with van der Waals surface area (Å²) in [5, 5.41) is 11.7. The number of hydrogen-bond acceptors (Lipinski definition) is 4. The maximum absolute atomic E-state index is 10.6. The largest absolute Gasteiger partial charge is 2.00 e. The van der Waals surface area contributed by atoms with Crippen LogP contribution in [-0.2, 0) is 0 Å². The number of aldehydes is 1. The smallest absolute Gasteiger partial charge is 1.00 e. The summed E-state index contributed by atoms with van der Waals surface area (Å²) in [6, 6.07) is 7.26. The molecule has 4 heterocycles. The van der Waals surface area contributed by atoms with E-state index in [0.717, 1.165) is 35.9 Å². The number of halogens is 3. The Labute approximate surface area is 268 Å². The zero-order valence-electron chi connectivity index (χ0n) is 21.5. The minimum Gasteiger partial charge on any atom is -1.00 e. The molecule has 2 aliphatic carbocycles. The van der Waals surface area contributed by atoms with E-state index in [9.17, 15) is 9.90 Å². The molecule has 0 radical (unpaired) electrons. The van der Waals surface area contributed by atoms with Crippen molar-refractivity contribution in [2.45, 2.75) is 77.7 Å². The molecule has 10 heteroatoms. The molecule has 4 aromatic rings. The van der Waals surface area contributed by atoms with Crippen molar-refractivity contribution in [3.63, 3.8) is 0 Å². The van der Waals surface area contributed by atoms with Gasteiger partial charge in [0.15, 0.2) is 6.29 Å². The maximum Gasteiger partial charge on any atom is 2.00 e. The summed E-state index contributed by atoms with van der Waals surface area (Å²) in [7, 11) is 0. The summed E-state index contributed by atoms with van der Waals surface area (Å²) in [5.74, 6) is 0.323. The number of aromatic nitrogens is 4. The van der Waals surface area contributed by atoms with Crippen LogP contribution in [-0.4, -0.2) is 53.2 Å². The fourth-order valence-electron chi connectivity index (χ4n) is 4.95. The minimum absolute atomic E-state index is 0. The van der Waals surface area contributed by atoms with Crippen molar-refractivity contribution in [2.24, 2.45) is 5.92 Å². The molecule has 0 aliphatic heterocycles. The van der Waals surface area contributed by atoms with Gasteiger partial charge in [-0.25, -0.2) is 9.97 Å². The molecule has 2 fully saturated rings. The fraction of sp³-hybridized carbons (Fsp3) is 0.448. The number of hydrogen-bond donors (Lipinski definition) is 1. The molecule has 0 saturated heterocycles. The summed E-state index contributed by atoms with van der Waals surface area (Å²) < 4.78 is 3.55. The molecule has 39 heavy (non-hydrogen) atoms. The van der Waals surface area contributed by atoms with Crippen molar-refractivity contribution in [1.29, 1.82) is 0 Å². The molecule has 6 rings (SSSR count). The Morgan fingerprint density at radius 3 is 1.95 bits per heavy atom. The van der Waals surface area contributed by atoms with E-state index in [2.05, 4.69) is 16.4 Å². The summed E-state index contributed by atoms with van der Waals surface area (Å²) in [4.78, 5) is 18.6. The van der Waals surface area contributed by atoms with Gasteiger partial charge in [-0.05, 0) is 43.0 Å². The predicted molar refractivity (Wildman–Crippen MR) is 157 cm³/mol. The van der Waals surface area contributed by atoms with E-state index in [1.807, 2.05) is 22.6 Å². The fourth-order valence-corrected chi connectivity index (χ4v) is 5.41. The van der Waals surface area contributed by atoms with E-state index in [1.54, 1.807) is 35.5 Å². The van der Waals surface area contributed by atoms with Gasteiger partial charge in [-0.3, -0.25) is 13.6 Å². The van der Waals surface area contributed by atoms with Crippen molar-refractivity contribution < 1.29 is 26.9 Å². The molecule has 1 N–H and O–H groups in total. The molecule has 208 valence electrons. The predicted octanol–water partition coefficient (Wildman–Crippen LogP) is 4.82. The molecule has 1 atom stereocenters. The molecule has 2 aliphatic rings. The number of rotatable bonds is 3. The summed E-state index contributed by atoms with van der Waals surface area (Å²) in [5.41, 5.74) is 3.07. The third-order valence-corrected chi connectivity index (χ3v) is 7.59. The van der Waals surface area contributed by atoms with Crippen molar-refractivity contribution in [3.8, 4) is 0 Å². The summed E-state index contributed by atoms with van der Waals surface area (Å²) in [6.07, 6.45) is 22.3. The second-order valence-electron chi connectivity index (χ2n) is 9.40. The normalized spacial score (nSPS) is 15.8. The van der Waals surface area contributed by atoms with E-state index in [4.69, 9.17) is 23.2 Å². The third kappa shape index (κ3) is 9.43. The van der Waals surface area contributed by atoms with Crippen LogP contribution >= 0.6 is 23.2 Å². The second kappa shape index (κ2) is 18.3. The van der Waals surface area contributed by atoms with Crippen molar-refractivity contribution in [2.75, 3.05) is 0 Å². The Morgan fingerprint density at radius 1 is 0.872 bits per heavy atom. The Hall–Kier alpha value is -1.16. The molecule has 0 spiro atoms. The van der Waals surface area contributed by atoms with Gasteiger partial charge in [0.1, 0.15) is 5.69 Å². The quantitative estimate of drug-likeness (QED) is 0.197. The zero-order chi connectivity index (χ0) is 25.3. The topological polar surface area (TPSA) is 71.9 Å². The van der Waals surface area contributed by atoms with Crippen LogP contribution in [0.4, 0.5) is 0 Å². The molecular formula is C29H37BrCl2MgN4O2. The van der Waals surface area contributed by atoms with E-state index in [-0.39, 0.29) is 47.5 Å².